The normalized spacial score (nSPS) is 14.9. The first-order valence-electron chi connectivity index (χ1n) is 11.3. The number of benzene rings is 2. The Bertz CT molecular complexity index is 1300. The van der Waals surface area contributed by atoms with Crippen molar-refractivity contribution in [1.82, 2.24) is 19.7 Å². The third-order valence-corrected chi connectivity index (χ3v) is 6.30. The second kappa shape index (κ2) is 8.63. The second-order valence-electron chi connectivity index (χ2n) is 8.66. The van der Waals surface area contributed by atoms with Crippen LogP contribution in [-0.2, 0) is 6.42 Å². The Labute approximate surface area is 188 Å². The summed E-state index contributed by atoms with van der Waals surface area (Å²) in [4.78, 5) is 21.8. The number of aromatic amines is 1. The van der Waals surface area contributed by atoms with E-state index < -0.39 is 0 Å². The number of hydrogen-bond donors (Lipinski definition) is 1. The van der Waals surface area contributed by atoms with Crippen LogP contribution in [0.1, 0.15) is 17.0 Å². The van der Waals surface area contributed by atoms with E-state index in [-0.39, 0.29) is 5.56 Å². The van der Waals surface area contributed by atoms with Gasteiger partial charge < -0.3 is 4.90 Å². The molecule has 2 aromatic heterocycles. The van der Waals surface area contributed by atoms with E-state index in [0.29, 0.717) is 0 Å². The highest BCUT2D eigenvalue weighted by Crippen LogP contribution is 2.27. The lowest BCUT2D eigenvalue weighted by atomic mass is 10.1. The summed E-state index contributed by atoms with van der Waals surface area (Å²) in [5.41, 5.74) is 6.41. The molecule has 1 fully saturated rings. The Kier molecular flexibility index (Phi) is 5.53. The van der Waals surface area contributed by atoms with Gasteiger partial charge in [0, 0.05) is 61.3 Å². The van der Waals surface area contributed by atoms with Crippen LogP contribution in [0.2, 0.25) is 0 Å². The smallest absolute Gasteiger partial charge is 0.271 e. The molecule has 4 aromatic rings. The van der Waals surface area contributed by atoms with Crippen LogP contribution in [-0.4, -0.2) is 52.4 Å². The van der Waals surface area contributed by atoms with Crippen LogP contribution in [0.4, 0.5) is 5.69 Å². The Balaban J connectivity index is 1.22. The SMILES string of the molecule is Cc1ccc2c(N3CCN(CCc4cccc(-n5[nH]c(C)cc5=O)c4)CC3)cccc2n1. The minimum absolute atomic E-state index is 0.0189. The minimum atomic E-state index is -0.0189. The molecule has 0 bridgehead atoms. The third kappa shape index (κ3) is 4.18. The van der Waals surface area contributed by atoms with Crippen molar-refractivity contribution in [3.63, 3.8) is 0 Å². The maximum atomic E-state index is 12.1. The van der Waals surface area contributed by atoms with E-state index >= 15 is 0 Å². The van der Waals surface area contributed by atoms with Crippen LogP contribution in [0.5, 0.6) is 0 Å². The van der Waals surface area contributed by atoms with E-state index in [1.165, 1.54) is 16.6 Å². The van der Waals surface area contributed by atoms with E-state index in [0.717, 1.165) is 61.7 Å². The van der Waals surface area contributed by atoms with E-state index in [2.05, 4.69) is 62.3 Å². The Morgan fingerprint density at radius 3 is 2.53 bits per heavy atom. The van der Waals surface area contributed by atoms with Crippen LogP contribution >= 0.6 is 0 Å². The number of fused-ring (bicyclic) bond motifs is 1. The number of hydrogen-bond acceptors (Lipinski definition) is 4. The van der Waals surface area contributed by atoms with Crippen LogP contribution in [0.3, 0.4) is 0 Å². The summed E-state index contributed by atoms with van der Waals surface area (Å²) in [6, 6.07) is 20.6. The Hall–Kier alpha value is -3.38. The molecule has 5 rings (SSSR count). The van der Waals surface area contributed by atoms with Gasteiger partial charge in [0.15, 0.2) is 0 Å². The van der Waals surface area contributed by atoms with Gasteiger partial charge in [-0.2, -0.15) is 0 Å². The highest BCUT2D eigenvalue weighted by atomic mass is 16.1. The molecule has 6 nitrogen and oxygen atoms in total. The number of aromatic nitrogens is 3. The van der Waals surface area contributed by atoms with Gasteiger partial charge in [-0.25, -0.2) is 4.68 Å². The lowest BCUT2D eigenvalue weighted by Gasteiger charge is -2.36. The van der Waals surface area contributed by atoms with E-state index in [4.69, 9.17) is 0 Å². The summed E-state index contributed by atoms with van der Waals surface area (Å²) in [6.45, 7) is 9.09. The number of aryl methyl sites for hydroxylation is 2. The zero-order chi connectivity index (χ0) is 22.1. The minimum Gasteiger partial charge on any atom is -0.368 e. The number of nitrogens with zero attached hydrogens (tertiary/aromatic N) is 4. The fourth-order valence-corrected chi connectivity index (χ4v) is 4.57. The van der Waals surface area contributed by atoms with Crippen molar-refractivity contribution in [2.24, 2.45) is 0 Å². The van der Waals surface area contributed by atoms with Crippen molar-refractivity contribution in [2.45, 2.75) is 20.3 Å². The molecule has 0 aliphatic carbocycles. The molecule has 6 heteroatoms. The largest absolute Gasteiger partial charge is 0.368 e. The van der Waals surface area contributed by atoms with Gasteiger partial charge in [-0.3, -0.25) is 19.8 Å². The first kappa shape index (κ1) is 20.5. The number of anilines is 1. The molecule has 32 heavy (non-hydrogen) atoms. The second-order valence-corrected chi connectivity index (χ2v) is 8.66. The first-order valence-corrected chi connectivity index (χ1v) is 11.3. The van der Waals surface area contributed by atoms with Crippen LogP contribution < -0.4 is 10.5 Å². The van der Waals surface area contributed by atoms with E-state index in [9.17, 15) is 4.79 Å². The summed E-state index contributed by atoms with van der Waals surface area (Å²) in [6.07, 6.45) is 0.972. The molecule has 0 saturated carbocycles. The lowest BCUT2D eigenvalue weighted by Crippen LogP contribution is -2.47. The highest BCUT2D eigenvalue weighted by Gasteiger charge is 2.19. The number of pyridine rings is 1. The number of H-pyrrole nitrogens is 1. The molecule has 0 unspecified atom stereocenters. The first-order chi connectivity index (χ1) is 15.6. The fraction of sp³-hybridized carbons (Fsp3) is 0.308. The predicted molar refractivity (Wildman–Crippen MR) is 130 cm³/mol. The van der Waals surface area contributed by atoms with Gasteiger partial charge in [0.05, 0.1) is 11.2 Å². The van der Waals surface area contributed by atoms with Gasteiger partial charge in [-0.15, -0.1) is 0 Å². The topological polar surface area (TPSA) is 57.2 Å². The molecule has 1 aliphatic heterocycles. The molecule has 1 aliphatic rings. The fourth-order valence-electron chi connectivity index (χ4n) is 4.57. The van der Waals surface area contributed by atoms with Gasteiger partial charge in [-0.1, -0.05) is 18.2 Å². The van der Waals surface area contributed by atoms with Crippen LogP contribution in [0, 0.1) is 13.8 Å². The van der Waals surface area contributed by atoms with Crippen molar-refractivity contribution >= 4 is 16.6 Å². The number of piperazine rings is 1. The molecule has 1 saturated heterocycles. The summed E-state index contributed by atoms with van der Waals surface area (Å²) >= 11 is 0. The van der Waals surface area contributed by atoms with E-state index in [1.54, 1.807) is 10.7 Å². The Morgan fingerprint density at radius 2 is 1.75 bits per heavy atom. The predicted octanol–water partition coefficient (Wildman–Crippen LogP) is 3.70. The van der Waals surface area contributed by atoms with Gasteiger partial charge in [0.1, 0.15) is 0 Å². The summed E-state index contributed by atoms with van der Waals surface area (Å²) < 4.78 is 1.61. The molecule has 0 atom stereocenters. The maximum absolute atomic E-state index is 12.1. The number of rotatable bonds is 5. The quantitative estimate of drug-likeness (QED) is 0.528. The van der Waals surface area contributed by atoms with Crippen molar-refractivity contribution in [3.05, 3.63) is 88.0 Å². The molecule has 2 aromatic carbocycles. The third-order valence-electron chi connectivity index (χ3n) is 6.30. The van der Waals surface area contributed by atoms with Gasteiger partial charge in [0.25, 0.3) is 5.56 Å². The van der Waals surface area contributed by atoms with Crippen LogP contribution in [0.15, 0.2) is 65.5 Å². The highest BCUT2D eigenvalue weighted by molar-refractivity contribution is 5.92. The molecule has 164 valence electrons. The van der Waals surface area contributed by atoms with Crippen molar-refractivity contribution in [3.8, 4) is 5.69 Å². The maximum Gasteiger partial charge on any atom is 0.271 e. The van der Waals surface area contributed by atoms with Gasteiger partial charge in [-0.05, 0) is 62.2 Å². The van der Waals surface area contributed by atoms with Crippen molar-refractivity contribution in [1.29, 1.82) is 0 Å². The molecule has 1 N–H and O–H groups in total. The zero-order valence-corrected chi connectivity index (χ0v) is 18.7. The average molecular weight is 428 g/mol. The Morgan fingerprint density at radius 1 is 0.938 bits per heavy atom. The zero-order valence-electron chi connectivity index (χ0n) is 18.7. The standard InChI is InChI=1S/C26H29N5O/c1-19-9-10-23-24(27-19)7-4-8-25(23)30-15-13-29(14-16-30)12-11-21-5-3-6-22(18-21)31-26(32)17-20(2)28-31/h3-10,17-18,28H,11-16H2,1-2H3. The monoisotopic (exact) mass is 427 g/mol. The molecule has 0 spiro atoms. The van der Waals surface area contributed by atoms with Crippen LogP contribution in [0.25, 0.3) is 16.6 Å². The van der Waals surface area contributed by atoms with E-state index in [1.807, 2.05) is 26.0 Å². The van der Waals surface area contributed by atoms with Gasteiger partial charge in [0.2, 0.25) is 0 Å². The van der Waals surface area contributed by atoms with Crippen molar-refractivity contribution in [2.75, 3.05) is 37.6 Å². The lowest BCUT2D eigenvalue weighted by molar-refractivity contribution is 0.261. The van der Waals surface area contributed by atoms with Gasteiger partial charge >= 0.3 is 0 Å². The molecule has 0 radical (unpaired) electrons. The average Bonchev–Trinajstić information content (AvgIpc) is 3.15. The molecule has 0 amide bonds. The molecule has 3 heterocycles. The summed E-state index contributed by atoms with van der Waals surface area (Å²) in [7, 11) is 0. The number of nitrogens with one attached hydrogen (secondary N) is 1. The summed E-state index contributed by atoms with van der Waals surface area (Å²) in [5.74, 6) is 0. The molecular weight excluding hydrogens is 398 g/mol. The summed E-state index contributed by atoms with van der Waals surface area (Å²) in [5, 5.41) is 4.35. The molecular formula is C26H29N5O. The van der Waals surface area contributed by atoms with Crippen molar-refractivity contribution < 1.29 is 0 Å².